The van der Waals surface area contributed by atoms with Crippen LogP contribution in [-0.2, 0) is 4.79 Å². The van der Waals surface area contributed by atoms with E-state index < -0.39 is 5.97 Å². The van der Waals surface area contributed by atoms with Gasteiger partial charge in [-0.1, -0.05) is 19.8 Å². The van der Waals surface area contributed by atoms with E-state index in [9.17, 15) is 4.79 Å². The molecule has 1 saturated carbocycles. The van der Waals surface area contributed by atoms with E-state index in [0.717, 1.165) is 6.08 Å². The third-order valence-electron chi connectivity index (χ3n) is 3.96. The summed E-state index contributed by atoms with van der Waals surface area (Å²) >= 11 is 0. The first-order chi connectivity index (χ1) is 9.58. The largest absolute Gasteiger partial charge is 0.478 e. The second kappa shape index (κ2) is 6.50. The third-order valence-corrected chi connectivity index (χ3v) is 3.96. The average Bonchev–Trinajstić information content (AvgIpc) is 2.45. The van der Waals surface area contributed by atoms with Crippen molar-refractivity contribution >= 4 is 18.0 Å². The van der Waals surface area contributed by atoms with Crippen molar-refractivity contribution in [1.29, 1.82) is 0 Å². The highest BCUT2D eigenvalue weighted by molar-refractivity contribution is 5.85. The zero-order valence-electron chi connectivity index (χ0n) is 12.0. The molecule has 1 fully saturated rings. The van der Waals surface area contributed by atoms with Gasteiger partial charge in [0.25, 0.3) is 0 Å². The van der Waals surface area contributed by atoms with Crippen molar-refractivity contribution in [3.63, 3.8) is 0 Å². The van der Waals surface area contributed by atoms with Crippen LogP contribution in [0, 0.1) is 5.92 Å². The monoisotopic (exact) mass is 275 g/mol. The van der Waals surface area contributed by atoms with Crippen molar-refractivity contribution < 1.29 is 9.90 Å². The van der Waals surface area contributed by atoms with Gasteiger partial charge in [0, 0.05) is 37.1 Å². The minimum Gasteiger partial charge on any atom is -0.478 e. The molecule has 0 saturated heterocycles. The number of hydrogen-bond donors (Lipinski definition) is 1. The van der Waals surface area contributed by atoms with E-state index in [2.05, 4.69) is 21.8 Å². The molecule has 1 N–H and O–H groups in total. The molecule has 5 nitrogen and oxygen atoms in total. The Balaban J connectivity index is 2.07. The topological polar surface area (TPSA) is 66.3 Å². The van der Waals surface area contributed by atoms with Gasteiger partial charge in [-0.3, -0.25) is 0 Å². The lowest BCUT2D eigenvalue weighted by Crippen LogP contribution is -2.39. The molecular formula is C15H21N3O2. The number of aliphatic carboxylic acids is 1. The van der Waals surface area contributed by atoms with Crippen LogP contribution in [0.2, 0.25) is 0 Å². The van der Waals surface area contributed by atoms with Crippen molar-refractivity contribution in [1.82, 2.24) is 9.97 Å². The van der Waals surface area contributed by atoms with Crippen LogP contribution in [0.4, 0.5) is 5.95 Å². The summed E-state index contributed by atoms with van der Waals surface area (Å²) in [4.78, 5) is 21.3. The molecule has 0 aliphatic heterocycles. The van der Waals surface area contributed by atoms with Crippen LogP contribution < -0.4 is 4.90 Å². The molecule has 1 aromatic rings. The highest BCUT2D eigenvalue weighted by Crippen LogP contribution is 2.28. The van der Waals surface area contributed by atoms with E-state index in [0.29, 0.717) is 23.5 Å². The molecule has 5 heteroatoms. The Morgan fingerprint density at radius 1 is 1.35 bits per heavy atom. The molecule has 1 aliphatic carbocycles. The summed E-state index contributed by atoms with van der Waals surface area (Å²) in [6, 6.07) is 0.490. The second-order valence-corrected chi connectivity index (χ2v) is 5.43. The van der Waals surface area contributed by atoms with Crippen molar-refractivity contribution in [2.45, 2.75) is 38.6 Å². The first kappa shape index (κ1) is 14.5. The molecule has 2 atom stereocenters. The summed E-state index contributed by atoms with van der Waals surface area (Å²) in [5.74, 6) is 0.391. The maximum atomic E-state index is 10.5. The molecule has 2 unspecified atom stereocenters. The van der Waals surface area contributed by atoms with Crippen LogP contribution in [0.15, 0.2) is 18.5 Å². The Kier molecular flexibility index (Phi) is 4.71. The molecule has 0 amide bonds. The molecule has 0 spiro atoms. The number of aromatic nitrogens is 2. The molecule has 20 heavy (non-hydrogen) atoms. The number of carboxylic acids is 1. The lowest BCUT2D eigenvalue weighted by Gasteiger charge is -2.36. The van der Waals surface area contributed by atoms with Gasteiger partial charge >= 0.3 is 5.97 Å². The standard InChI is InChI=1S/C15H21N3O2/c1-11-5-3-4-6-13(11)18(2)15-16-9-12(10-17-15)7-8-14(19)20/h7-11,13H,3-6H2,1-2H3,(H,19,20)/b8-7+. The maximum absolute atomic E-state index is 10.5. The smallest absolute Gasteiger partial charge is 0.328 e. The molecular weight excluding hydrogens is 254 g/mol. The molecule has 2 rings (SSSR count). The van der Waals surface area contributed by atoms with E-state index >= 15 is 0 Å². The Labute approximate surface area is 119 Å². The first-order valence-corrected chi connectivity index (χ1v) is 7.04. The summed E-state index contributed by atoms with van der Waals surface area (Å²) < 4.78 is 0. The van der Waals surface area contributed by atoms with E-state index in [1.165, 1.54) is 31.8 Å². The van der Waals surface area contributed by atoms with Gasteiger partial charge < -0.3 is 10.0 Å². The summed E-state index contributed by atoms with van der Waals surface area (Å²) in [5.41, 5.74) is 0.696. The van der Waals surface area contributed by atoms with Crippen molar-refractivity contribution in [2.75, 3.05) is 11.9 Å². The molecule has 0 bridgehead atoms. The Hall–Kier alpha value is -1.91. The van der Waals surface area contributed by atoms with Gasteiger partial charge in [-0.15, -0.1) is 0 Å². The first-order valence-electron chi connectivity index (χ1n) is 7.04. The highest BCUT2D eigenvalue weighted by Gasteiger charge is 2.26. The summed E-state index contributed by atoms with van der Waals surface area (Å²) in [7, 11) is 2.04. The van der Waals surface area contributed by atoms with Gasteiger partial charge in [0.1, 0.15) is 0 Å². The van der Waals surface area contributed by atoms with E-state index in [4.69, 9.17) is 5.11 Å². The quantitative estimate of drug-likeness (QED) is 0.855. The SMILES string of the molecule is CC1CCCCC1N(C)c1ncc(/C=C/C(=O)O)cn1. The van der Waals surface area contributed by atoms with E-state index in [-0.39, 0.29) is 0 Å². The van der Waals surface area contributed by atoms with Gasteiger partial charge in [-0.2, -0.15) is 0 Å². The van der Waals surface area contributed by atoms with Crippen LogP contribution >= 0.6 is 0 Å². The lowest BCUT2D eigenvalue weighted by molar-refractivity contribution is -0.131. The summed E-state index contributed by atoms with van der Waals surface area (Å²) in [5, 5.41) is 8.58. The van der Waals surface area contributed by atoms with Crippen molar-refractivity contribution in [3.05, 3.63) is 24.0 Å². The highest BCUT2D eigenvalue weighted by atomic mass is 16.4. The normalized spacial score (nSPS) is 22.9. The fourth-order valence-electron chi connectivity index (χ4n) is 2.79. The van der Waals surface area contributed by atoms with Crippen molar-refractivity contribution in [2.24, 2.45) is 5.92 Å². The Bertz CT molecular complexity index is 484. The fourth-order valence-corrected chi connectivity index (χ4v) is 2.79. The summed E-state index contributed by atoms with van der Waals surface area (Å²) in [6.07, 6.45) is 10.9. The molecule has 0 radical (unpaired) electrons. The van der Waals surface area contributed by atoms with E-state index in [1.54, 1.807) is 12.4 Å². The molecule has 1 aromatic heterocycles. The lowest BCUT2D eigenvalue weighted by atomic mass is 9.85. The van der Waals surface area contributed by atoms with Gasteiger partial charge in [-0.05, 0) is 24.8 Å². The predicted molar refractivity (Wildman–Crippen MR) is 78.5 cm³/mol. The number of carbonyl (C=O) groups is 1. The van der Waals surface area contributed by atoms with Gasteiger partial charge in [0.05, 0.1) is 0 Å². The minimum atomic E-state index is -0.970. The Morgan fingerprint density at radius 3 is 2.60 bits per heavy atom. The number of hydrogen-bond acceptors (Lipinski definition) is 4. The molecule has 0 aromatic carbocycles. The number of carboxylic acid groups (broad SMARTS) is 1. The minimum absolute atomic E-state index is 0.490. The van der Waals surface area contributed by atoms with E-state index in [1.807, 2.05) is 7.05 Å². The number of anilines is 1. The molecule has 1 heterocycles. The average molecular weight is 275 g/mol. The predicted octanol–water partition coefficient (Wildman–Crippen LogP) is 2.59. The zero-order valence-corrected chi connectivity index (χ0v) is 12.0. The maximum Gasteiger partial charge on any atom is 0.328 e. The second-order valence-electron chi connectivity index (χ2n) is 5.43. The van der Waals surface area contributed by atoms with Gasteiger partial charge in [0.2, 0.25) is 5.95 Å². The molecule has 108 valence electrons. The van der Waals surface area contributed by atoms with Crippen LogP contribution in [0.25, 0.3) is 6.08 Å². The van der Waals surface area contributed by atoms with Crippen molar-refractivity contribution in [3.8, 4) is 0 Å². The molecule has 1 aliphatic rings. The fraction of sp³-hybridized carbons (Fsp3) is 0.533. The number of nitrogens with zero attached hydrogens (tertiary/aromatic N) is 3. The van der Waals surface area contributed by atoms with Gasteiger partial charge in [-0.25, -0.2) is 14.8 Å². The number of rotatable bonds is 4. The van der Waals surface area contributed by atoms with Crippen LogP contribution in [0.3, 0.4) is 0 Å². The van der Waals surface area contributed by atoms with Crippen LogP contribution in [0.1, 0.15) is 38.2 Å². The van der Waals surface area contributed by atoms with Crippen LogP contribution in [0.5, 0.6) is 0 Å². The summed E-state index contributed by atoms with van der Waals surface area (Å²) in [6.45, 7) is 2.28. The Morgan fingerprint density at radius 2 is 2.00 bits per heavy atom. The zero-order chi connectivity index (χ0) is 14.5. The van der Waals surface area contributed by atoms with Crippen LogP contribution in [-0.4, -0.2) is 34.1 Å². The third kappa shape index (κ3) is 3.56. The van der Waals surface area contributed by atoms with Gasteiger partial charge in [0.15, 0.2) is 0 Å².